The summed E-state index contributed by atoms with van der Waals surface area (Å²) in [5.41, 5.74) is 0. The van der Waals surface area contributed by atoms with Crippen LogP contribution >= 0.6 is 15.9 Å². The molecule has 1 aromatic heterocycles. The van der Waals surface area contributed by atoms with Gasteiger partial charge in [0.05, 0.1) is 6.61 Å². The van der Waals surface area contributed by atoms with Crippen molar-refractivity contribution < 1.29 is 4.74 Å². The number of hydrogen-bond acceptors (Lipinski definition) is 3. The van der Waals surface area contributed by atoms with E-state index < -0.39 is 0 Å². The minimum absolute atomic E-state index is 0.651. The fourth-order valence-electron chi connectivity index (χ4n) is 2.31. The quantitative estimate of drug-likeness (QED) is 0.675. The van der Waals surface area contributed by atoms with E-state index in [9.17, 15) is 0 Å². The molecule has 1 saturated carbocycles. The molecule has 1 aromatic rings. The monoisotopic (exact) mass is 326 g/mol. The molecule has 4 heteroatoms. The largest absolute Gasteiger partial charge is 0.490 e. The molecule has 0 N–H and O–H groups in total. The Kier molecular flexibility index (Phi) is 5.95. The van der Waals surface area contributed by atoms with Crippen LogP contribution < -0.4 is 9.64 Å². The minimum atomic E-state index is 0.651. The van der Waals surface area contributed by atoms with Gasteiger partial charge in [-0.1, -0.05) is 22.9 Å². The van der Waals surface area contributed by atoms with Crippen LogP contribution in [0.15, 0.2) is 18.3 Å². The fraction of sp³-hybridized carbons (Fsp3) is 0.667. The van der Waals surface area contributed by atoms with Crippen LogP contribution in [-0.4, -0.2) is 29.5 Å². The lowest BCUT2D eigenvalue weighted by atomic mass is 9.91. The number of anilines is 1. The third kappa shape index (κ3) is 3.85. The summed E-state index contributed by atoms with van der Waals surface area (Å²) in [6.07, 6.45) is 7.94. The fourth-order valence-corrected chi connectivity index (χ4v) is 2.56. The predicted octanol–water partition coefficient (Wildman–Crippen LogP) is 4.01. The van der Waals surface area contributed by atoms with Crippen LogP contribution in [0.2, 0.25) is 0 Å². The van der Waals surface area contributed by atoms with Gasteiger partial charge in [0.1, 0.15) is 0 Å². The average molecular weight is 327 g/mol. The smallest absolute Gasteiger partial charge is 0.171 e. The molecule has 19 heavy (non-hydrogen) atoms. The Morgan fingerprint density at radius 3 is 2.95 bits per heavy atom. The van der Waals surface area contributed by atoms with Gasteiger partial charge in [0, 0.05) is 24.1 Å². The molecule has 3 nitrogen and oxygen atoms in total. The highest BCUT2D eigenvalue weighted by atomic mass is 79.9. The van der Waals surface area contributed by atoms with Crippen LogP contribution in [0.1, 0.15) is 39.0 Å². The molecule has 1 heterocycles. The second-order valence-corrected chi connectivity index (χ2v) is 5.79. The van der Waals surface area contributed by atoms with E-state index in [0.717, 1.165) is 42.9 Å². The van der Waals surface area contributed by atoms with Crippen LogP contribution in [0.4, 0.5) is 5.82 Å². The molecule has 0 saturated heterocycles. The highest BCUT2D eigenvalue weighted by Gasteiger charge is 2.27. The van der Waals surface area contributed by atoms with E-state index in [1.54, 1.807) is 0 Å². The molecule has 1 aliphatic carbocycles. The van der Waals surface area contributed by atoms with E-state index in [4.69, 9.17) is 4.74 Å². The zero-order valence-electron chi connectivity index (χ0n) is 11.6. The van der Waals surface area contributed by atoms with Gasteiger partial charge in [-0.05, 0) is 44.2 Å². The summed E-state index contributed by atoms with van der Waals surface area (Å²) in [6.45, 7) is 3.94. The number of halogens is 1. The van der Waals surface area contributed by atoms with Crippen molar-refractivity contribution in [2.75, 3.05) is 23.4 Å². The van der Waals surface area contributed by atoms with Crippen molar-refractivity contribution in [1.29, 1.82) is 0 Å². The molecule has 0 spiro atoms. The van der Waals surface area contributed by atoms with Crippen LogP contribution in [0, 0.1) is 0 Å². The number of ether oxygens (including phenoxy) is 1. The van der Waals surface area contributed by atoms with E-state index in [0.29, 0.717) is 6.04 Å². The molecular formula is C15H23BrN2O. The van der Waals surface area contributed by atoms with Crippen molar-refractivity contribution >= 4 is 21.7 Å². The highest BCUT2D eigenvalue weighted by molar-refractivity contribution is 9.09. The summed E-state index contributed by atoms with van der Waals surface area (Å²) in [5.74, 6) is 1.97. The molecule has 0 bridgehead atoms. The Balaban J connectivity index is 2.14. The number of nitrogens with zero attached hydrogens (tertiary/aromatic N) is 2. The summed E-state index contributed by atoms with van der Waals surface area (Å²) in [4.78, 5) is 7.01. The van der Waals surface area contributed by atoms with Crippen LogP contribution in [0.25, 0.3) is 0 Å². The summed E-state index contributed by atoms with van der Waals surface area (Å²) >= 11 is 3.52. The lowest BCUT2D eigenvalue weighted by Gasteiger charge is -2.39. The number of alkyl halides is 1. The van der Waals surface area contributed by atoms with Gasteiger partial charge < -0.3 is 9.64 Å². The molecule has 0 unspecified atom stereocenters. The molecule has 0 radical (unpaired) electrons. The predicted molar refractivity (Wildman–Crippen MR) is 83.4 cm³/mol. The Bertz CT molecular complexity index is 382. The van der Waals surface area contributed by atoms with Crippen LogP contribution in [0.3, 0.4) is 0 Å². The van der Waals surface area contributed by atoms with Crippen molar-refractivity contribution in [1.82, 2.24) is 4.98 Å². The van der Waals surface area contributed by atoms with Crippen LogP contribution in [0.5, 0.6) is 5.75 Å². The molecule has 0 aromatic carbocycles. The van der Waals surface area contributed by atoms with Gasteiger partial charge in [-0.15, -0.1) is 0 Å². The first-order chi connectivity index (χ1) is 9.36. The standard InChI is InChI=1S/C15H23BrN2O/c1-2-12-19-14-8-4-10-17-15(14)18(11-5-9-16)13-6-3-7-13/h4,8,10,13H,2-3,5-7,9,11-12H2,1H3. The second-order valence-electron chi connectivity index (χ2n) is 4.99. The van der Waals surface area contributed by atoms with Crippen molar-refractivity contribution in [2.45, 2.75) is 45.1 Å². The van der Waals surface area contributed by atoms with Crippen LogP contribution in [-0.2, 0) is 0 Å². The van der Waals surface area contributed by atoms with Crippen molar-refractivity contribution in [2.24, 2.45) is 0 Å². The Hall–Kier alpha value is -0.770. The van der Waals surface area contributed by atoms with Gasteiger partial charge in [0.15, 0.2) is 11.6 Å². The minimum Gasteiger partial charge on any atom is -0.490 e. The molecular weight excluding hydrogens is 304 g/mol. The molecule has 1 aliphatic rings. The lowest BCUT2D eigenvalue weighted by Crippen LogP contribution is -2.41. The third-order valence-electron chi connectivity index (χ3n) is 3.53. The molecule has 1 fully saturated rings. The maximum atomic E-state index is 5.85. The normalized spacial score (nSPS) is 15.1. The summed E-state index contributed by atoms with van der Waals surface area (Å²) < 4.78 is 5.85. The number of hydrogen-bond donors (Lipinski definition) is 0. The maximum absolute atomic E-state index is 5.85. The van der Waals surface area contributed by atoms with Crippen molar-refractivity contribution in [3.8, 4) is 5.75 Å². The number of pyridine rings is 1. The molecule has 106 valence electrons. The van der Waals surface area contributed by atoms with Gasteiger partial charge in [-0.3, -0.25) is 0 Å². The first-order valence-electron chi connectivity index (χ1n) is 7.27. The molecule has 0 amide bonds. The van der Waals surface area contributed by atoms with Gasteiger partial charge in [0.25, 0.3) is 0 Å². The highest BCUT2D eigenvalue weighted by Crippen LogP contribution is 2.33. The maximum Gasteiger partial charge on any atom is 0.171 e. The van der Waals surface area contributed by atoms with Gasteiger partial charge in [0.2, 0.25) is 0 Å². The summed E-state index contributed by atoms with van der Waals surface area (Å²) in [5, 5.41) is 1.04. The van der Waals surface area contributed by atoms with Gasteiger partial charge >= 0.3 is 0 Å². The zero-order valence-corrected chi connectivity index (χ0v) is 13.2. The first-order valence-corrected chi connectivity index (χ1v) is 8.39. The summed E-state index contributed by atoms with van der Waals surface area (Å²) in [6, 6.07) is 4.65. The van der Waals surface area contributed by atoms with E-state index in [-0.39, 0.29) is 0 Å². The number of rotatable bonds is 8. The second kappa shape index (κ2) is 7.73. The molecule has 0 aliphatic heterocycles. The first kappa shape index (κ1) is 14.6. The SMILES string of the molecule is CCCOc1cccnc1N(CCCBr)C1CCC1. The van der Waals surface area contributed by atoms with Gasteiger partial charge in [-0.2, -0.15) is 0 Å². The Labute approximate surface area is 124 Å². The lowest BCUT2D eigenvalue weighted by molar-refractivity contribution is 0.311. The van der Waals surface area contributed by atoms with E-state index in [1.807, 2.05) is 18.3 Å². The van der Waals surface area contributed by atoms with E-state index in [1.165, 1.54) is 19.3 Å². The van der Waals surface area contributed by atoms with E-state index >= 15 is 0 Å². The van der Waals surface area contributed by atoms with Crippen molar-refractivity contribution in [3.63, 3.8) is 0 Å². The van der Waals surface area contributed by atoms with Crippen molar-refractivity contribution in [3.05, 3.63) is 18.3 Å². The summed E-state index contributed by atoms with van der Waals surface area (Å²) in [7, 11) is 0. The molecule has 2 rings (SSSR count). The third-order valence-corrected chi connectivity index (χ3v) is 4.09. The van der Waals surface area contributed by atoms with Gasteiger partial charge in [-0.25, -0.2) is 4.98 Å². The topological polar surface area (TPSA) is 25.4 Å². The molecule has 0 atom stereocenters. The Morgan fingerprint density at radius 1 is 1.47 bits per heavy atom. The number of aromatic nitrogens is 1. The average Bonchev–Trinajstić information content (AvgIpc) is 2.39. The zero-order chi connectivity index (χ0) is 13.5. The Morgan fingerprint density at radius 2 is 2.32 bits per heavy atom. The van der Waals surface area contributed by atoms with E-state index in [2.05, 4.69) is 32.7 Å².